The van der Waals surface area contributed by atoms with Crippen molar-refractivity contribution in [3.8, 4) is 0 Å². The molecule has 1 aromatic rings. The van der Waals surface area contributed by atoms with Gasteiger partial charge >= 0.3 is 0 Å². The summed E-state index contributed by atoms with van der Waals surface area (Å²) < 4.78 is 26.2. The Bertz CT molecular complexity index is 556. The molecular weight excluding hydrogens is 280 g/mol. The maximum Gasteiger partial charge on any atom is 0.229 e. The van der Waals surface area contributed by atoms with E-state index >= 15 is 0 Å². The molecule has 8 nitrogen and oxygen atoms in total. The number of hydrogen-bond acceptors (Lipinski definition) is 7. The molecule has 1 aliphatic carbocycles. The summed E-state index contributed by atoms with van der Waals surface area (Å²) in [5, 5.41) is -0.244. The van der Waals surface area contributed by atoms with Gasteiger partial charge in [-0.15, -0.1) is 0 Å². The monoisotopic (exact) mass is 300 g/mol. The second-order valence-electron chi connectivity index (χ2n) is 5.21. The van der Waals surface area contributed by atoms with E-state index < -0.39 is 10.0 Å². The number of anilines is 2. The van der Waals surface area contributed by atoms with Crippen LogP contribution in [0.25, 0.3) is 0 Å². The molecule has 1 saturated carbocycles. The highest BCUT2D eigenvalue weighted by Gasteiger charge is 2.35. The number of sulfonamides is 1. The fraction of sp³-hybridized carbons (Fsp3) is 0.727. The number of aromatic nitrogens is 3. The molecule has 2 rings (SSSR count). The Morgan fingerprint density at radius 3 is 1.95 bits per heavy atom. The molecule has 1 aliphatic rings. The first-order chi connectivity index (χ1) is 9.29. The summed E-state index contributed by atoms with van der Waals surface area (Å²) in [7, 11) is 4.08. The van der Waals surface area contributed by atoms with Crippen molar-refractivity contribution in [1.82, 2.24) is 19.7 Å². The largest absolute Gasteiger partial charge is 0.347 e. The second-order valence-corrected chi connectivity index (χ2v) is 7.25. The van der Waals surface area contributed by atoms with Crippen molar-refractivity contribution in [3.05, 3.63) is 5.82 Å². The Morgan fingerprint density at radius 2 is 1.55 bits per heavy atom. The molecule has 0 bridgehead atoms. The number of rotatable bonds is 6. The van der Waals surface area contributed by atoms with E-state index in [1.165, 1.54) is 0 Å². The van der Waals surface area contributed by atoms with Gasteiger partial charge in [-0.1, -0.05) is 0 Å². The molecule has 9 heteroatoms. The van der Waals surface area contributed by atoms with Crippen molar-refractivity contribution in [2.45, 2.75) is 24.6 Å². The predicted octanol–water partition coefficient (Wildman–Crippen LogP) is -0.415. The van der Waals surface area contributed by atoms with Crippen molar-refractivity contribution in [1.29, 1.82) is 0 Å². The second kappa shape index (κ2) is 5.49. The highest BCUT2D eigenvalue weighted by Crippen LogP contribution is 2.27. The molecule has 0 saturated heterocycles. The third-order valence-corrected chi connectivity index (χ3v) is 4.75. The van der Waals surface area contributed by atoms with E-state index in [0.29, 0.717) is 17.7 Å². The molecule has 0 spiro atoms. The van der Waals surface area contributed by atoms with Gasteiger partial charge in [-0.25, -0.2) is 13.1 Å². The van der Waals surface area contributed by atoms with Gasteiger partial charge in [0.05, 0.1) is 11.8 Å². The van der Waals surface area contributed by atoms with Crippen LogP contribution in [-0.2, 0) is 16.6 Å². The lowest BCUT2D eigenvalue weighted by atomic mass is 10.6. The Balaban J connectivity index is 2.17. The fourth-order valence-corrected chi connectivity index (χ4v) is 2.86. The van der Waals surface area contributed by atoms with Gasteiger partial charge in [0.25, 0.3) is 0 Å². The first-order valence-corrected chi connectivity index (χ1v) is 7.92. The molecule has 1 heterocycles. The predicted molar refractivity (Wildman–Crippen MR) is 77.3 cm³/mol. The van der Waals surface area contributed by atoms with E-state index in [4.69, 9.17) is 0 Å². The molecule has 0 unspecified atom stereocenters. The maximum atomic E-state index is 11.8. The minimum Gasteiger partial charge on any atom is -0.347 e. The molecule has 112 valence electrons. The van der Waals surface area contributed by atoms with Gasteiger partial charge in [0.15, 0.2) is 5.82 Å². The molecular formula is C11H20N6O2S. The zero-order chi connectivity index (χ0) is 14.9. The van der Waals surface area contributed by atoms with E-state index in [0.717, 1.165) is 12.8 Å². The molecule has 20 heavy (non-hydrogen) atoms. The smallest absolute Gasteiger partial charge is 0.229 e. The van der Waals surface area contributed by atoms with Crippen LogP contribution in [0.4, 0.5) is 11.9 Å². The van der Waals surface area contributed by atoms with Crippen molar-refractivity contribution in [2.75, 3.05) is 38.0 Å². The molecule has 0 aromatic carbocycles. The minimum absolute atomic E-state index is 0.0863. The topological polar surface area (TPSA) is 91.3 Å². The summed E-state index contributed by atoms with van der Waals surface area (Å²) in [5.41, 5.74) is 0. The average Bonchev–Trinajstić information content (AvgIpc) is 3.20. The molecule has 1 N–H and O–H groups in total. The van der Waals surface area contributed by atoms with Crippen LogP contribution in [-0.4, -0.2) is 56.8 Å². The van der Waals surface area contributed by atoms with Crippen LogP contribution in [0, 0.1) is 0 Å². The maximum absolute atomic E-state index is 11.8. The Kier molecular flexibility index (Phi) is 4.09. The van der Waals surface area contributed by atoms with Crippen LogP contribution in [0.5, 0.6) is 0 Å². The zero-order valence-corrected chi connectivity index (χ0v) is 13.0. The summed E-state index contributed by atoms with van der Waals surface area (Å²) in [5.74, 6) is 1.42. The molecule has 0 radical (unpaired) electrons. The van der Waals surface area contributed by atoms with Gasteiger partial charge in [0, 0.05) is 28.2 Å². The first-order valence-electron chi connectivity index (χ1n) is 6.37. The zero-order valence-electron chi connectivity index (χ0n) is 12.2. The lowest BCUT2D eigenvalue weighted by Gasteiger charge is -2.16. The Morgan fingerprint density at radius 1 is 1.05 bits per heavy atom. The van der Waals surface area contributed by atoms with Crippen LogP contribution in [0.3, 0.4) is 0 Å². The quantitative estimate of drug-likeness (QED) is 0.763. The summed E-state index contributed by atoms with van der Waals surface area (Å²) in [4.78, 5) is 16.3. The number of hydrogen-bond donors (Lipinski definition) is 1. The van der Waals surface area contributed by atoms with Gasteiger partial charge in [0.1, 0.15) is 0 Å². The number of nitrogens with zero attached hydrogens (tertiary/aromatic N) is 5. The third kappa shape index (κ3) is 3.54. The summed E-state index contributed by atoms with van der Waals surface area (Å²) in [6, 6.07) is 0. The van der Waals surface area contributed by atoms with Gasteiger partial charge in [0.2, 0.25) is 21.9 Å². The van der Waals surface area contributed by atoms with Crippen molar-refractivity contribution < 1.29 is 8.42 Å². The van der Waals surface area contributed by atoms with E-state index in [9.17, 15) is 8.42 Å². The van der Waals surface area contributed by atoms with E-state index in [2.05, 4.69) is 19.7 Å². The Hall–Kier alpha value is -1.48. The summed E-state index contributed by atoms with van der Waals surface area (Å²) in [6.07, 6.45) is 1.47. The summed E-state index contributed by atoms with van der Waals surface area (Å²) >= 11 is 0. The van der Waals surface area contributed by atoms with Crippen LogP contribution in [0.2, 0.25) is 0 Å². The van der Waals surface area contributed by atoms with Crippen LogP contribution in [0.15, 0.2) is 0 Å². The van der Waals surface area contributed by atoms with Crippen molar-refractivity contribution in [3.63, 3.8) is 0 Å². The van der Waals surface area contributed by atoms with Gasteiger partial charge in [-0.3, -0.25) is 0 Å². The van der Waals surface area contributed by atoms with Gasteiger partial charge in [-0.2, -0.15) is 15.0 Å². The summed E-state index contributed by atoms with van der Waals surface area (Å²) in [6.45, 7) is 0.0863. The van der Waals surface area contributed by atoms with Crippen LogP contribution in [0.1, 0.15) is 18.7 Å². The van der Waals surface area contributed by atoms with E-state index in [-0.39, 0.29) is 11.8 Å². The molecule has 0 atom stereocenters. The van der Waals surface area contributed by atoms with Crippen molar-refractivity contribution in [2.24, 2.45) is 0 Å². The lowest BCUT2D eigenvalue weighted by Crippen LogP contribution is -2.28. The molecule has 0 amide bonds. The normalized spacial score (nSPS) is 15.2. The van der Waals surface area contributed by atoms with Gasteiger partial charge in [-0.05, 0) is 12.8 Å². The van der Waals surface area contributed by atoms with Crippen LogP contribution >= 0.6 is 0 Å². The molecule has 1 fully saturated rings. The standard InChI is InChI=1S/C11H20N6O2S/c1-16(2)10-13-9(14-11(15-10)17(3)4)7-12-20(18,19)8-5-6-8/h8,12H,5-7H2,1-4H3. The highest BCUT2D eigenvalue weighted by molar-refractivity contribution is 7.90. The average molecular weight is 300 g/mol. The SMILES string of the molecule is CN(C)c1nc(CNS(=O)(=O)C2CC2)nc(N(C)C)n1. The Labute approximate surface area is 119 Å². The van der Waals surface area contributed by atoms with Gasteiger partial charge < -0.3 is 9.80 Å². The third-order valence-electron chi connectivity index (χ3n) is 2.85. The molecule has 0 aliphatic heterocycles. The first kappa shape index (κ1) is 14.9. The minimum atomic E-state index is -3.23. The van der Waals surface area contributed by atoms with Crippen LogP contribution < -0.4 is 14.5 Å². The van der Waals surface area contributed by atoms with E-state index in [1.807, 2.05) is 28.2 Å². The fourth-order valence-electron chi connectivity index (χ4n) is 1.54. The van der Waals surface area contributed by atoms with Crippen molar-refractivity contribution >= 4 is 21.9 Å². The lowest BCUT2D eigenvalue weighted by molar-refractivity contribution is 0.577. The van der Waals surface area contributed by atoms with E-state index in [1.54, 1.807) is 9.80 Å². The number of nitrogens with one attached hydrogen (secondary N) is 1. The molecule has 1 aromatic heterocycles. The highest BCUT2D eigenvalue weighted by atomic mass is 32.2.